The summed E-state index contributed by atoms with van der Waals surface area (Å²) < 4.78 is 13.6. The molecular weight excluding hydrogens is 277 g/mol. The number of alkyl halides is 1. The summed E-state index contributed by atoms with van der Waals surface area (Å²) in [6.07, 6.45) is -0.0877. The van der Waals surface area contributed by atoms with Crippen LogP contribution in [0.5, 0.6) is 0 Å². The van der Waals surface area contributed by atoms with E-state index >= 15 is 0 Å². The van der Waals surface area contributed by atoms with Gasteiger partial charge in [0.25, 0.3) is 0 Å². The second kappa shape index (κ2) is 7.17. The van der Waals surface area contributed by atoms with E-state index in [2.05, 4.69) is 4.90 Å². The van der Waals surface area contributed by atoms with Gasteiger partial charge in [0, 0.05) is 51.6 Å². The number of carboxylic acid groups (broad SMARTS) is 1. The van der Waals surface area contributed by atoms with Gasteiger partial charge in [-0.05, 0) is 0 Å². The molecule has 2 atom stereocenters. The molecule has 1 amide bonds. The van der Waals surface area contributed by atoms with Crippen LogP contribution in [0.4, 0.5) is 4.39 Å². The smallest absolute Gasteiger partial charge is 0.317 e. The number of amides is 1. The fourth-order valence-electron chi connectivity index (χ4n) is 3.16. The minimum Gasteiger partial charge on any atom is -0.480 e. The van der Waals surface area contributed by atoms with E-state index in [0.717, 1.165) is 13.1 Å². The number of carboxylic acids is 1. The summed E-state index contributed by atoms with van der Waals surface area (Å²) in [5, 5.41) is 8.77. The Labute approximate surface area is 124 Å². The van der Waals surface area contributed by atoms with Gasteiger partial charge >= 0.3 is 5.97 Å². The number of nitrogens with zero attached hydrogens (tertiary/aromatic N) is 3. The Morgan fingerprint density at radius 1 is 1.19 bits per heavy atom. The molecule has 0 aromatic heterocycles. The van der Waals surface area contributed by atoms with Crippen molar-refractivity contribution in [3.63, 3.8) is 0 Å². The van der Waals surface area contributed by atoms with Gasteiger partial charge in [-0.1, -0.05) is 6.92 Å². The van der Waals surface area contributed by atoms with Crippen molar-refractivity contribution in [2.24, 2.45) is 0 Å². The summed E-state index contributed by atoms with van der Waals surface area (Å²) in [5.74, 6) is -0.788. The first-order chi connectivity index (χ1) is 9.99. The SMILES string of the molecule is CCC(=O)N1C[C@@H](F)CC1CN1CCN(CC(=O)O)CC1. The van der Waals surface area contributed by atoms with Crippen molar-refractivity contribution in [2.45, 2.75) is 32.0 Å². The van der Waals surface area contributed by atoms with Gasteiger partial charge in [-0.3, -0.25) is 19.4 Å². The van der Waals surface area contributed by atoms with Crippen LogP contribution in [0.2, 0.25) is 0 Å². The van der Waals surface area contributed by atoms with Crippen LogP contribution in [0.3, 0.4) is 0 Å². The van der Waals surface area contributed by atoms with Crippen LogP contribution >= 0.6 is 0 Å². The van der Waals surface area contributed by atoms with Gasteiger partial charge in [-0.15, -0.1) is 0 Å². The molecule has 7 heteroatoms. The Balaban J connectivity index is 1.82. The van der Waals surface area contributed by atoms with Crippen molar-refractivity contribution in [3.05, 3.63) is 0 Å². The van der Waals surface area contributed by atoms with E-state index in [9.17, 15) is 14.0 Å². The summed E-state index contributed by atoms with van der Waals surface area (Å²) in [5.41, 5.74) is 0. The van der Waals surface area contributed by atoms with Gasteiger partial charge in [0.2, 0.25) is 5.91 Å². The molecule has 2 aliphatic rings. The molecule has 2 aliphatic heterocycles. The maximum atomic E-state index is 13.6. The molecule has 2 rings (SSSR count). The highest BCUT2D eigenvalue weighted by atomic mass is 19.1. The summed E-state index contributed by atoms with van der Waals surface area (Å²) in [6.45, 7) is 5.74. The van der Waals surface area contributed by atoms with Gasteiger partial charge in [-0.25, -0.2) is 4.39 Å². The molecule has 21 heavy (non-hydrogen) atoms. The lowest BCUT2D eigenvalue weighted by Gasteiger charge is -2.36. The Morgan fingerprint density at radius 3 is 2.38 bits per heavy atom. The topological polar surface area (TPSA) is 64.1 Å². The third kappa shape index (κ3) is 4.38. The lowest BCUT2D eigenvalue weighted by Crippen LogP contribution is -2.51. The third-order valence-corrected chi connectivity index (χ3v) is 4.28. The molecule has 0 aliphatic carbocycles. The molecular formula is C14H24FN3O3. The number of hydrogen-bond acceptors (Lipinski definition) is 4. The minimum atomic E-state index is -0.918. The number of halogens is 1. The van der Waals surface area contributed by atoms with Crippen molar-refractivity contribution in [3.8, 4) is 0 Å². The third-order valence-electron chi connectivity index (χ3n) is 4.28. The van der Waals surface area contributed by atoms with Crippen LogP contribution in [0.25, 0.3) is 0 Å². The molecule has 1 unspecified atom stereocenters. The van der Waals surface area contributed by atoms with Crippen LogP contribution in [0.15, 0.2) is 0 Å². The van der Waals surface area contributed by atoms with Crippen molar-refractivity contribution in [2.75, 3.05) is 45.8 Å². The molecule has 2 fully saturated rings. The molecule has 0 aromatic rings. The summed E-state index contributed by atoms with van der Waals surface area (Å²) in [7, 11) is 0. The van der Waals surface area contributed by atoms with E-state index in [0.29, 0.717) is 32.5 Å². The second-order valence-corrected chi connectivity index (χ2v) is 5.86. The lowest BCUT2D eigenvalue weighted by atomic mass is 10.1. The normalized spacial score (nSPS) is 28.0. The van der Waals surface area contributed by atoms with Crippen molar-refractivity contribution >= 4 is 11.9 Å². The fourth-order valence-corrected chi connectivity index (χ4v) is 3.16. The van der Waals surface area contributed by atoms with Crippen LogP contribution in [0, 0.1) is 0 Å². The molecule has 0 radical (unpaired) electrons. The number of likely N-dealkylation sites (tertiary alicyclic amines) is 1. The van der Waals surface area contributed by atoms with Crippen molar-refractivity contribution < 1.29 is 19.1 Å². The largest absolute Gasteiger partial charge is 0.480 e. The van der Waals surface area contributed by atoms with E-state index in [1.807, 2.05) is 4.90 Å². The lowest BCUT2D eigenvalue weighted by molar-refractivity contribution is -0.139. The number of carbonyl (C=O) groups excluding carboxylic acids is 1. The Bertz CT molecular complexity index is 386. The molecule has 120 valence electrons. The molecule has 0 saturated carbocycles. The maximum absolute atomic E-state index is 13.6. The zero-order valence-corrected chi connectivity index (χ0v) is 12.5. The first kappa shape index (κ1) is 16.2. The standard InChI is InChI=1S/C14H24FN3O3/c1-2-13(19)18-8-11(15)7-12(18)9-16-3-5-17(6-4-16)10-14(20)21/h11-12H,2-10H2,1H3,(H,20,21)/t11-,12?/m0/s1. The number of aliphatic carboxylic acids is 1. The zero-order chi connectivity index (χ0) is 15.4. The minimum absolute atomic E-state index is 0.0182. The Hall–Kier alpha value is -1.21. The van der Waals surface area contributed by atoms with Crippen LogP contribution in [-0.2, 0) is 9.59 Å². The molecule has 0 bridgehead atoms. The average molecular weight is 301 g/mol. The van der Waals surface area contributed by atoms with Gasteiger partial charge in [0.1, 0.15) is 6.17 Å². The van der Waals surface area contributed by atoms with E-state index in [-0.39, 0.29) is 25.0 Å². The second-order valence-electron chi connectivity index (χ2n) is 5.86. The molecule has 0 spiro atoms. The predicted octanol–water partition coefficient (Wildman–Crippen LogP) is 0.0376. The molecule has 6 nitrogen and oxygen atoms in total. The highest BCUT2D eigenvalue weighted by molar-refractivity contribution is 5.76. The van der Waals surface area contributed by atoms with Crippen LogP contribution in [0.1, 0.15) is 19.8 Å². The zero-order valence-electron chi connectivity index (χ0n) is 12.5. The number of hydrogen-bond donors (Lipinski definition) is 1. The van der Waals surface area contributed by atoms with E-state index in [4.69, 9.17) is 5.11 Å². The first-order valence-electron chi connectivity index (χ1n) is 7.59. The fraction of sp³-hybridized carbons (Fsp3) is 0.857. The van der Waals surface area contributed by atoms with Gasteiger partial charge in [0.05, 0.1) is 13.1 Å². The van der Waals surface area contributed by atoms with E-state index in [1.54, 1.807) is 11.8 Å². The Kier molecular flexibility index (Phi) is 5.52. The highest BCUT2D eigenvalue weighted by Gasteiger charge is 2.36. The van der Waals surface area contributed by atoms with Crippen molar-refractivity contribution in [1.29, 1.82) is 0 Å². The van der Waals surface area contributed by atoms with Crippen LogP contribution < -0.4 is 0 Å². The van der Waals surface area contributed by atoms with E-state index in [1.165, 1.54) is 0 Å². The number of carbonyl (C=O) groups is 2. The molecule has 2 saturated heterocycles. The Morgan fingerprint density at radius 2 is 1.81 bits per heavy atom. The maximum Gasteiger partial charge on any atom is 0.317 e. The monoisotopic (exact) mass is 301 g/mol. The number of rotatable bonds is 5. The highest BCUT2D eigenvalue weighted by Crippen LogP contribution is 2.22. The predicted molar refractivity (Wildman–Crippen MR) is 75.8 cm³/mol. The first-order valence-corrected chi connectivity index (χ1v) is 7.59. The summed E-state index contributed by atoms with van der Waals surface area (Å²) >= 11 is 0. The van der Waals surface area contributed by atoms with Gasteiger partial charge in [-0.2, -0.15) is 0 Å². The molecule has 2 heterocycles. The van der Waals surface area contributed by atoms with Crippen molar-refractivity contribution in [1.82, 2.24) is 14.7 Å². The number of piperazine rings is 1. The van der Waals surface area contributed by atoms with Crippen LogP contribution in [-0.4, -0.2) is 89.7 Å². The summed E-state index contributed by atoms with van der Waals surface area (Å²) in [6, 6.07) is -0.0431. The molecule has 1 N–H and O–H groups in total. The van der Waals surface area contributed by atoms with Gasteiger partial charge < -0.3 is 10.0 Å². The average Bonchev–Trinajstić information content (AvgIpc) is 2.80. The van der Waals surface area contributed by atoms with E-state index < -0.39 is 12.1 Å². The summed E-state index contributed by atoms with van der Waals surface area (Å²) in [4.78, 5) is 28.3. The quantitative estimate of drug-likeness (QED) is 0.777. The molecule has 0 aromatic carbocycles. The van der Waals surface area contributed by atoms with Gasteiger partial charge in [0.15, 0.2) is 0 Å².